The Balaban J connectivity index is 1.41. The van der Waals surface area contributed by atoms with Crippen molar-refractivity contribution >= 4 is 35.0 Å². The highest BCUT2D eigenvalue weighted by molar-refractivity contribution is 7.99. The third-order valence-electron chi connectivity index (χ3n) is 6.31. The average molecular weight is 496 g/mol. The van der Waals surface area contributed by atoms with E-state index in [4.69, 9.17) is 4.74 Å². The van der Waals surface area contributed by atoms with Gasteiger partial charge in [-0.2, -0.15) is 0 Å². The molecule has 3 heterocycles. The molecule has 3 aromatic rings. The van der Waals surface area contributed by atoms with Crippen LogP contribution in [0.4, 0.5) is 15.8 Å². The second kappa shape index (κ2) is 9.43. The van der Waals surface area contributed by atoms with Crippen molar-refractivity contribution in [2.45, 2.75) is 50.0 Å². The molecule has 5 rings (SSSR count). The van der Waals surface area contributed by atoms with Crippen LogP contribution < -0.4 is 10.2 Å². The molecule has 35 heavy (non-hydrogen) atoms. The lowest BCUT2D eigenvalue weighted by Crippen LogP contribution is -2.59. The molecular formula is C25H26FN5O3S. The van der Waals surface area contributed by atoms with E-state index in [9.17, 15) is 14.0 Å². The molecule has 0 radical (unpaired) electrons. The van der Waals surface area contributed by atoms with Crippen LogP contribution in [0.3, 0.4) is 0 Å². The van der Waals surface area contributed by atoms with Gasteiger partial charge in [0.2, 0.25) is 11.8 Å². The maximum atomic E-state index is 13.5. The highest BCUT2D eigenvalue weighted by Gasteiger charge is 2.43. The van der Waals surface area contributed by atoms with Crippen molar-refractivity contribution in [2.75, 3.05) is 22.6 Å². The Morgan fingerprint density at radius 3 is 2.71 bits per heavy atom. The second-order valence-electron chi connectivity index (χ2n) is 9.11. The van der Waals surface area contributed by atoms with Gasteiger partial charge in [0.25, 0.3) is 0 Å². The Kier molecular flexibility index (Phi) is 6.33. The predicted octanol–water partition coefficient (Wildman–Crippen LogP) is 4.12. The van der Waals surface area contributed by atoms with Crippen molar-refractivity contribution in [3.05, 3.63) is 54.3 Å². The van der Waals surface area contributed by atoms with E-state index >= 15 is 0 Å². The molecule has 2 aliphatic heterocycles. The fraction of sp³-hybridized carbons (Fsp3) is 0.360. The topological polar surface area (TPSA) is 89.4 Å². The van der Waals surface area contributed by atoms with Crippen LogP contribution in [0.2, 0.25) is 0 Å². The van der Waals surface area contributed by atoms with Gasteiger partial charge >= 0.3 is 0 Å². The first-order valence-electron chi connectivity index (χ1n) is 11.5. The minimum atomic E-state index is -1.05. The summed E-state index contributed by atoms with van der Waals surface area (Å²) >= 11 is 1.26. The van der Waals surface area contributed by atoms with Crippen molar-refractivity contribution in [1.29, 1.82) is 0 Å². The van der Waals surface area contributed by atoms with Gasteiger partial charge in [-0.25, -0.2) is 4.39 Å². The number of fused-ring (bicyclic) bond motifs is 1. The first-order chi connectivity index (χ1) is 16.8. The standard InChI is InChI=1S/C25H26FN5O3S/c1-25(2)23(33)27-19-7-3-4-8-20(19)31(25)21(32)15-35-24-29-28-22(16-9-11-17(26)12-10-16)30(24)14-18-6-5-13-34-18/h3-4,7-12,18H,5-6,13-15H2,1-2H3,(H,27,33). The van der Waals surface area contributed by atoms with Gasteiger partial charge in [0, 0.05) is 12.2 Å². The molecule has 10 heteroatoms. The summed E-state index contributed by atoms with van der Waals surface area (Å²) in [5.41, 5.74) is 0.958. The molecular weight excluding hydrogens is 469 g/mol. The number of carbonyl (C=O) groups excluding carboxylic acids is 2. The van der Waals surface area contributed by atoms with Gasteiger partial charge in [-0.05, 0) is 63.1 Å². The van der Waals surface area contributed by atoms with Gasteiger partial charge in [0.15, 0.2) is 11.0 Å². The molecule has 1 N–H and O–H groups in total. The van der Waals surface area contributed by atoms with Gasteiger partial charge in [-0.3, -0.25) is 19.1 Å². The Morgan fingerprint density at radius 1 is 1.20 bits per heavy atom. The molecule has 182 valence electrons. The summed E-state index contributed by atoms with van der Waals surface area (Å²) < 4.78 is 21.2. The average Bonchev–Trinajstić information content (AvgIpc) is 3.49. The Morgan fingerprint density at radius 2 is 1.97 bits per heavy atom. The van der Waals surface area contributed by atoms with Gasteiger partial charge in [0.1, 0.15) is 11.4 Å². The summed E-state index contributed by atoms with van der Waals surface area (Å²) in [6.45, 7) is 4.71. The lowest BCUT2D eigenvalue weighted by atomic mass is 9.96. The number of aromatic nitrogens is 3. The minimum absolute atomic E-state index is 0.0249. The van der Waals surface area contributed by atoms with Crippen LogP contribution in [0, 0.1) is 5.82 Å². The van der Waals surface area contributed by atoms with E-state index in [-0.39, 0.29) is 29.5 Å². The zero-order chi connectivity index (χ0) is 24.6. The van der Waals surface area contributed by atoms with E-state index in [0.29, 0.717) is 35.5 Å². The normalized spacial score (nSPS) is 18.9. The maximum Gasteiger partial charge on any atom is 0.250 e. The molecule has 0 saturated carbocycles. The smallest absolute Gasteiger partial charge is 0.250 e. The van der Waals surface area contributed by atoms with E-state index < -0.39 is 5.54 Å². The quantitative estimate of drug-likeness (QED) is 0.518. The van der Waals surface area contributed by atoms with Crippen LogP contribution in [0.5, 0.6) is 0 Å². The lowest BCUT2D eigenvalue weighted by Gasteiger charge is -2.42. The Hall–Kier alpha value is -3.24. The minimum Gasteiger partial charge on any atom is -0.376 e. The van der Waals surface area contributed by atoms with E-state index in [1.54, 1.807) is 36.9 Å². The number of carbonyl (C=O) groups is 2. The van der Waals surface area contributed by atoms with Crippen LogP contribution in [0.15, 0.2) is 53.7 Å². The SMILES string of the molecule is CC1(C)C(=O)Nc2ccccc2N1C(=O)CSc1nnc(-c2ccc(F)cc2)n1CC1CCCO1. The highest BCUT2D eigenvalue weighted by atomic mass is 32.2. The fourth-order valence-electron chi connectivity index (χ4n) is 4.45. The fourth-order valence-corrected chi connectivity index (χ4v) is 5.25. The number of hydrogen-bond acceptors (Lipinski definition) is 6. The molecule has 1 saturated heterocycles. The van der Waals surface area contributed by atoms with Gasteiger partial charge in [-0.1, -0.05) is 23.9 Å². The van der Waals surface area contributed by atoms with Crippen LogP contribution in [0.25, 0.3) is 11.4 Å². The van der Waals surface area contributed by atoms with E-state index in [1.807, 2.05) is 22.8 Å². The monoisotopic (exact) mass is 495 g/mol. The van der Waals surface area contributed by atoms with E-state index in [0.717, 1.165) is 18.4 Å². The molecule has 0 spiro atoms. The largest absolute Gasteiger partial charge is 0.376 e. The molecule has 2 aromatic carbocycles. The van der Waals surface area contributed by atoms with Gasteiger partial charge in [-0.15, -0.1) is 10.2 Å². The van der Waals surface area contributed by atoms with Crippen molar-refractivity contribution in [2.24, 2.45) is 0 Å². The Bertz CT molecular complexity index is 1250. The third kappa shape index (κ3) is 4.55. The number of nitrogens with zero attached hydrogens (tertiary/aromatic N) is 4. The van der Waals surface area contributed by atoms with Crippen LogP contribution in [-0.2, 0) is 20.9 Å². The summed E-state index contributed by atoms with van der Waals surface area (Å²) in [6, 6.07) is 13.4. The first kappa shape index (κ1) is 23.5. The molecule has 8 nitrogen and oxygen atoms in total. The summed E-state index contributed by atoms with van der Waals surface area (Å²) in [4.78, 5) is 27.7. The number of halogens is 1. The lowest BCUT2D eigenvalue weighted by molar-refractivity contribution is -0.125. The molecule has 1 fully saturated rings. The highest BCUT2D eigenvalue weighted by Crippen LogP contribution is 2.37. The molecule has 1 atom stereocenters. The molecule has 0 aliphatic carbocycles. The molecule has 1 unspecified atom stereocenters. The van der Waals surface area contributed by atoms with Crippen LogP contribution in [-0.4, -0.2) is 50.6 Å². The second-order valence-corrected chi connectivity index (χ2v) is 10.0. The number of benzene rings is 2. The van der Waals surface area contributed by atoms with Gasteiger partial charge in [0.05, 0.1) is 29.8 Å². The zero-order valence-electron chi connectivity index (χ0n) is 19.5. The summed E-state index contributed by atoms with van der Waals surface area (Å²) in [5, 5.41) is 12.1. The zero-order valence-corrected chi connectivity index (χ0v) is 20.3. The van der Waals surface area contributed by atoms with Gasteiger partial charge < -0.3 is 10.1 Å². The molecule has 0 bridgehead atoms. The number of ether oxygens (including phenoxy) is 1. The van der Waals surface area contributed by atoms with Crippen LogP contribution >= 0.6 is 11.8 Å². The molecule has 1 aromatic heterocycles. The van der Waals surface area contributed by atoms with Crippen molar-refractivity contribution in [1.82, 2.24) is 14.8 Å². The number of nitrogens with one attached hydrogen (secondary N) is 1. The van der Waals surface area contributed by atoms with Crippen molar-refractivity contribution < 1.29 is 18.7 Å². The first-order valence-corrected chi connectivity index (χ1v) is 12.5. The number of thioether (sulfide) groups is 1. The maximum absolute atomic E-state index is 13.5. The molecule has 2 amide bonds. The van der Waals surface area contributed by atoms with Crippen molar-refractivity contribution in [3.63, 3.8) is 0 Å². The van der Waals surface area contributed by atoms with E-state index in [1.165, 1.54) is 23.9 Å². The van der Waals surface area contributed by atoms with Crippen LogP contribution in [0.1, 0.15) is 26.7 Å². The van der Waals surface area contributed by atoms with Crippen molar-refractivity contribution in [3.8, 4) is 11.4 Å². The number of amides is 2. The Labute approximate surface area is 206 Å². The van der Waals surface area contributed by atoms with E-state index in [2.05, 4.69) is 15.5 Å². The third-order valence-corrected chi connectivity index (χ3v) is 7.26. The summed E-state index contributed by atoms with van der Waals surface area (Å²) in [7, 11) is 0. The number of para-hydroxylation sites is 2. The summed E-state index contributed by atoms with van der Waals surface area (Å²) in [6.07, 6.45) is 1.94. The number of anilines is 2. The number of hydrogen-bond donors (Lipinski definition) is 1. The summed E-state index contributed by atoms with van der Waals surface area (Å²) in [5.74, 6) is -0.115. The predicted molar refractivity (Wildman–Crippen MR) is 132 cm³/mol. The number of rotatable bonds is 6. The molecule has 2 aliphatic rings.